The Kier molecular flexibility index (Phi) is 7.74. The van der Waals surface area contributed by atoms with Crippen molar-refractivity contribution in [3.8, 4) is 28.7 Å². The van der Waals surface area contributed by atoms with E-state index in [1.807, 2.05) is 12.1 Å². The van der Waals surface area contributed by atoms with Crippen LogP contribution in [0.3, 0.4) is 0 Å². The van der Waals surface area contributed by atoms with Gasteiger partial charge in [0, 0.05) is 34.7 Å². The third-order valence-electron chi connectivity index (χ3n) is 7.12. The summed E-state index contributed by atoms with van der Waals surface area (Å²) in [6.45, 7) is 4.39. The molecular weight excluding hydrogens is 508 g/mol. The number of piperidine rings is 1. The summed E-state index contributed by atoms with van der Waals surface area (Å²) in [5.41, 5.74) is 3.54. The highest BCUT2D eigenvalue weighted by Crippen LogP contribution is 2.38. The van der Waals surface area contributed by atoms with Gasteiger partial charge in [0.05, 0.1) is 17.4 Å². The van der Waals surface area contributed by atoms with Crippen LogP contribution in [0.1, 0.15) is 60.6 Å². The van der Waals surface area contributed by atoms with Crippen molar-refractivity contribution in [3.05, 3.63) is 107 Å². The summed E-state index contributed by atoms with van der Waals surface area (Å²) >= 11 is 6.58. The van der Waals surface area contributed by atoms with E-state index in [0.717, 1.165) is 18.4 Å². The molecule has 0 bridgehead atoms. The van der Waals surface area contributed by atoms with E-state index >= 15 is 0 Å². The van der Waals surface area contributed by atoms with Gasteiger partial charge in [-0.25, -0.2) is 0 Å². The van der Waals surface area contributed by atoms with E-state index in [1.54, 1.807) is 48.8 Å². The molecule has 0 radical (unpaired) electrons. The quantitative estimate of drug-likeness (QED) is 0.245. The fourth-order valence-corrected chi connectivity index (χ4v) is 5.68. The lowest BCUT2D eigenvalue weighted by atomic mass is 9.76. The summed E-state index contributed by atoms with van der Waals surface area (Å²) < 4.78 is 6.06. The number of carbonyl (C=O) groups excluding carboxylic acids is 1. The van der Waals surface area contributed by atoms with Gasteiger partial charge < -0.3 is 10.1 Å². The van der Waals surface area contributed by atoms with Gasteiger partial charge >= 0.3 is 0 Å². The Morgan fingerprint density at radius 2 is 1.90 bits per heavy atom. The van der Waals surface area contributed by atoms with Crippen LogP contribution in [0.2, 0.25) is 5.02 Å². The summed E-state index contributed by atoms with van der Waals surface area (Å²) in [5, 5.41) is 21.6. The first kappa shape index (κ1) is 26.6. The first-order chi connectivity index (χ1) is 18.8. The number of nitriles is 1. The Hall–Kier alpha value is -4.05. The number of ether oxygens (including phenoxy) is 1. The lowest BCUT2D eigenvalue weighted by Crippen LogP contribution is -2.48. The Balaban J connectivity index is 1.32. The van der Waals surface area contributed by atoms with E-state index in [-0.39, 0.29) is 23.3 Å². The molecule has 1 fully saturated rings. The van der Waals surface area contributed by atoms with Crippen LogP contribution in [0.15, 0.2) is 85.2 Å². The molecule has 1 saturated heterocycles. The monoisotopic (exact) mass is 536 g/mol. The van der Waals surface area contributed by atoms with Crippen LogP contribution in [0.25, 0.3) is 11.1 Å². The molecule has 2 heterocycles. The van der Waals surface area contributed by atoms with E-state index in [9.17, 15) is 10.1 Å². The Labute approximate surface area is 233 Å². The van der Waals surface area contributed by atoms with E-state index < -0.39 is 0 Å². The zero-order chi connectivity index (χ0) is 27.4. The molecule has 2 atom stereocenters. The minimum atomic E-state index is -0.0711. The smallest absolute Gasteiger partial charge is 0.163 e. The summed E-state index contributed by atoms with van der Waals surface area (Å²) in [5.74, 6) is 1.05. The molecule has 1 aromatic heterocycles. The average molecular weight is 537 g/mol. The molecule has 196 valence electrons. The van der Waals surface area contributed by atoms with Gasteiger partial charge in [0.25, 0.3) is 0 Å². The molecule has 39 heavy (non-hydrogen) atoms. The topological polar surface area (TPSA) is 87.9 Å². The average Bonchev–Trinajstić information content (AvgIpc) is 2.94. The summed E-state index contributed by atoms with van der Waals surface area (Å²) in [7, 11) is 0. The van der Waals surface area contributed by atoms with Crippen LogP contribution >= 0.6 is 11.6 Å². The second-order valence-corrected chi connectivity index (χ2v) is 11.0. The van der Waals surface area contributed by atoms with Crippen LogP contribution in [-0.4, -0.2) is 21.5 Å². The SMILES string of the molecule is CC1(C)CC(CC(=O)c2ccc(Oc3cccc(-c4ccnnc4)c3C#N)c(Cl)c2)CC(c2ccccc2)N1. The fraction of sp³-hybridized carbons (Fsp3) is 0.250. The Bertz CT molecular complexity index is 1520. The van der Waals surface area contributed by atoms with Crippen molar-refractivity contribution >= 4 is 17.4 Å². The maximum atomic E-state index is 13.3. The standard InChI is InChI=1S/C32H29ClN4O2/c1-32(2)18-21(15-28(37-32)22-7-4-3-5-8-22)16-29(38)23-11-12-31(27(33)17-23)39-30-10-6-9-25(26(30)19-34)24-13-14-35-36-20-24/h3-14,17,20-21,28,37H,15-16,18H2,1-2H3. The highest BCUT2D eigenvalue weighted by Gasteiger charge is 2.35. The number of ketones is 1. The molecule has 5 rings (SSSR count). The van der Waals surface area contributed by atoms with Crippen molar-refractivity contribution < 1.29 is 9.53 Å². The maximum Gasteiger partial charge on any atom is 0.163 e. The highest BCUT2D eigenvalue weighted by atomic mass is 35.5. The molecule has 4 aromatic rings. The predicted molar refractivity (Wildman–Crippen MR) is 152 cm³/mol. The summed E-state index contributed by atoms with van der Waals surface area (Å²) in [6.07, 6.45) is 5.43. The number of Topliss-reactive ketones (excluding diaryl/α,β-unsaturated/α-hetero) is 1. The van der Waals surface area contributed by atoms with Gasteiger partial charge in [0.2, 0.25) is 0 Å². The molecule has 2 unspecified atom stereocenters. The van der Waals surface area contributed by atoms with E-state index in [2.05, 4.69) is 59.7 Å². The van der Waals surface area contributed by atoms with Gasteiger partial charge in [-0.15, -0.1) is 0 Å². The van der Waals surface area contributed by atoms with Gasteiger partial charge in [-0.3, -0.25) is 4.79 Å². The largest absolute Gasteiger partial charge is 0.454 e. The van der Waals surface area contributed by atoms with Crippen molar-refractivity contribution in [2.24, 2.45) is 5.92 Å². The maximum absolute atomic E-state index is 13.3. The third-order valence-corrected chi connectivity index (χ3v) is 7.41. The van der Waals surface area contributed by atoms with Crippen molar-refractivity contribution in [2.45, 2.75) is 44.7 Å². The van der Waals surface area contributed by atoms with Crippen molar-refractivity contribution in [3.63, 3.8) is 0 Å². The number of rotatable bonds is 7. The number of hydrogen-bond donors (Lipinski definition) is 1. The first-order valence-corrected chi connectivity index (χ1v) is 13.3. The van der Waals surface area contributed by atoms with Crippen LogP contribution in [0.4, 0.5) is 0 Å². The second kappa shape index (κ2) is 11.4. The third kappa shape index (κ3) is 6.17. The van der Waals surface area contributed by atoms with Gasteiger partial charge in [-0.2, -0.15) is 15.5 Å². The minimum Gasteiger partial charge on any atom is -0.454 e. The molecule has 1 N–H and O–H groups in total. The van der Waals surface area contributed by atoms with Crippen LogP contribution in [0, 0.1) is 17.2 Å². The summed E-state index contributed by atoms with van der Waals surface area (Å²) in [6, 6.07) is 25.1. The number of nitrogens with one attached hydrogen (secondary N) is 1. The van der Waals surface area contributed by atoms with E-state index in [1.165, 1.54) is 5.56 Å². The normalized spacial score (nSPS) is 18.2. The fourth-order valence-electron chi connectivity index (χ4n) is 5.47. The van der Waals surface area contributed by atoms with Gasteiger partial charge in [-0.1, -0.05) is 54.1 Å². The highest BCUT2D eigenvalue weighted by molar-refractivity contribution is 6.32. The summed E-state index contributed by atoms with van der Waals surface area (Å²) in [4.78, 5) is 13.3. The van der Waals surface area contributed by atoms with Crippen LogP contribution < -0.4 is 10.1 Å². The zero-order valence-corrected chi connectivity index (χ0v) is 22.7. The van der Waals surface area contributed by atoms with Gasteiger partial charge in [-0.05, 0) is 68.5 Å². The zero-order valence-electron chi connectivity index (χ0n) is 21.9. The van der Waals surface area contributed by atoms with Crippen LogP contribution in [-0.2, 0) is 0 Å². The molecule has 7 heteroatoms. The second-order valence-electron chi connectivity index (χ2n) is 10.6. The first-order valence-electron chi connectivity index (χ1n) is 13.0. The van der Waals surface area contributed by atoms with Crippen molar-refractivity contribution in [2.75, 3.05) is 0 Å². The Morgan fingerprint density at radius 3 is 2.62 bits per heavy atom. The number of nitrogens with zero attached hydrogens (tertiary/aromatic N) is 3. The number of aromatic nitrogens is 2. The lowest BCUT2D eigenvalue weighted by molar-refractivity contribution is 0.0915. The molecule has 0 spiro atoms. The molecule has 0 amide bonds. The molecular formula is C32H29ClN4O2. The molecule has 0 saturated carbocycles. The van der Waals surface area contributed by atoms with Gasteiger partial charge in [0.15, 0.2) is 5.78 Å². The molecule has 1 aliphatic heterocycles. The number of halogens is 1. The number of carbonyl (C=O) groups is 1. The Morgan fingerprint density at radius 1 is 1.08 bits per heavy atom. The van der Waals surface area contributed by atoms with E-state index in [0.29, 0.717) is 39.6 Å². The number of hydrogen-bond acceptors (Lipinski definition) is 6. The number of benzene rings is 3. The van der Waals surface area contributed by atoms with Crippen molar-refractivity contribution in [1.82, 2.24) is 15.5 Å². The molecule has 6 nitrogen and oxygen atoms in total. The van der Waals surface area contributed by atoms with Crippen molar-refractivity contribution in [1.29, 1.82) is 5.26 Å². The molecule has 1 aliphatic rings. The minimum absolute atomic E-state index is 0.0582. The predicted octanol–water partition coefficient (Wildman–Crippen LogP) is 7.55. The van der Waals surface area contributed by atoms with Crippen LogP contribution in [0.5, 0.6) is 11.5 Å². The molecule has 0 aliphatic carbocycles. The molecule has 3 aromatic carbocycles. The van der Waals surface area contributed by atoms with Gasteiger partial charge in [0.1, 0.15) is 23.1 Å². The van der Waals surface area contributed by atoms with E-state index in [4.69, 9.17) is 16.3 Å². The lowest BCUT2D eigenvalue weighted by Gasteiger charge is -2.42.